The van der Waals surface area contributed by atoms with Crippen molar-refractivity contribution in [2.75, 3.05) is 19.0 Å². The van der Waals surface area contributed by atoms with Gasteiger partial charge in [-0.2, -0.15) is 4.57 Å². The van der Waals surface area contributed by atoms with Gasteiger partial charge in [-0.05, 0) is 29.8 Å². The van der Waals surface area contributed by atoms with Gasteiger partial charge in [0.25, 0.3) is 5.01 Å². The van der Waals surface area contributed by atoms with E-state index in [1.165, 1.54) is 39.3 Å². The minimum Gasteiger partial charge on any atom is -1.00 e. The number of rotatable bonds is 6. The Morgan fingerprint density at radius 1 is 1.00 bits per heavy atom. The van der Waals surface area contributed by atoms with E-state index in [0.29, 0.717) is 0 Å². The molecule has 2 nitrogen and oxygen atoms in total. The molecule has 0 aliphatic heterocycles. The SMILES string of the molecule is CCCC[n+]1c(/C=C/c2ccc(N(C)C)cc2)sc2ccccc21.[I-]. The lowest BCUT2D eigenvalue weighted by molar-refractivity contribution is -0.669. The molecule has 0 aliphatic rings. The van der Waals surface area contributed by atoms with Crippen molar-refractivity contribution in [3.63, 3.8) is 0 Å². The van der Waals surface area contributed by atoms with Gasteiger partial charge in [-0.15, -0.1) is 0 Å². The first-order chi connectivity index (χ1) is 11.7. The first-order valence-corrected chi connectivity index (χ1v) is 9.37. The second-order valence-corrected chi connectivity index (χ2v) is 7.29. The molecule has 0 atom stereocenters. The van der Waals surface area contributed by atoms with Crippen LogP contribution in [0.3, 0.4) is 0 Å². The van der Waals surface area contributed by atoms with E-state index in [1.54, 1.807) is 0 Å². The second-order valence-electron chi connectivity index (χ2n) is 6.23. The summed E-state index contributed by atoms with van der Waals surface area (Å²) < 4.78 is 3.81. The Morgan fingerprint density at radius 3 is 2.40 bits per heavy atom. The summed E-state index contributed by atoms with van der Waals surface area (Å²) in [7, 11) is 4.14. The van der Waals surface area contributed by atoms with Crippen LogP contribution >= 0.6 is 11.3 Å². The summed E-state index contributed by atoms with van der Waals surface area (Å²) in [6.07, 6.45) is 6.90. The minimum absolute atomic E-state index is 0. The van der Waals surface area contributed by atoms with Crippen LogP contribution in [-0.4, -0.2) is 14.1 Å². The Balaban J connectivity index is 0.00000225. The third-order valence-electron chi connectivity index (χ3n) is 4.20. The lowest BCUT2D eigenvalue weighted by Gasteiger charge is -2.11. The number of anilines is 1. The Labute approximate surface area is 171 Å². The molecular weight excluding hydrogens is 439 g/mol. The average molecular weight is 464 g/mol. The first-order valence-electron chi connectivity index (χ1n) is 8.56. The number of halogens is 1. The Morgan fingerprint density at radius 2 is 1.72 bits per heavy atom. The summed E-state index contributed by atoms with van der Waals surface area (Å²) in [6, 6.07) is 17.4. The molecule has 0 aliphatic carbocycles. The molecule has 1 aromatic heterocycles. The fourth-order valence-corrected chi connectivity index (χ4v) is 3.87. The Bertz CT molecular complexity index is 835. The molecule has 2 aromatic carbocycles. The molecule has 0 unspecified atom stereocenters. The normalized spacial score (nSPS) is 11.0. The fraction of sp³-hybridized carbons (Fsp3) is 0.286. The van der Waals surface area contributed by atoms with Crippen LogP contribution in [0.25, 0.3) is 22.4 Å². The monoisotopic (exact) mass is 464 g/mol. The minimum atomic E-state index is 0. The molecule has 0 saturated carbocycles. The number of unbranched alkanes of at least 4 members (excludes halogenated alkanes) is 1. The number of hydrogen-bond acceptors (Lipinski definition) is 2. The first kappa shape index (κ1) is 19.9. The van der Waals surface area contributed by atoms with Gasteiger partial charge < -0.3 is 28.9 Å². The van der Waals surface area contributed by atoms with Crippen LogP contribution in [-0.2, 0) is 6.54 Å². The molecule has 25 heavy (non-hydrogen) atoms. The number of aryl methyl sites for hydroxylation is 1. The number of nitrogens with zero attached hydrogens (tertiary/aromatic N) is 2. The molecule has 132 valence electrons. The summed E-state index contributed by atoms with van der Waals surface area (Å²) in [5, 5.41) is 1.32. The van der Waals surface area contributed by atoms with Gasteiger partial charge in [0.2, 0.25) is 5.52 Å². The van der Waals surface area contributed by atoms with Gasteiger partial charge in [0.1, 0.15) is 4.70 Å². The molecule has 0 amide bonds. The number of aromatic nitrogens is 1. The number of benzene rings is 2. The van der Waals surface area contributed by atoms with Crippen molar-refractivity contribution < 1.29 is 28.5 Å². The highest BCUT2D eigenvalue weighted by Crippen LogP contribution is 2.22. The average Bonchev–Trinajstić information content (AvgIpc) is 2.96. The molecule has 0 spiro atoms. The van der Waals surface area contributed by atoms with Gasteiger partial charge >= 0.3 is 0 Å². The molecule has 0 N–H and O–H groups in total. The largest absolute Gasteiger partial charge is 1.00 e. The van der Waals surface area contributed by atoms with E-state index in [9.17, 15) is 0 Å². The number of thiazole rings is 1. The van der Waals surface area contributed by atoms with Crippen molar-refractivity contribution in [2.45, 2.75) is 26.3 Å². The van der Waals surface area contributed by atoms with Gasteiger partial charge in [-0.25, -0.2) is 0 Å². The van der Waals surface area contributed by atoms with E-state index in [4.69, 9.17) is 0 Å². The smallest absolute Gasteiger partial charge is 0.262 e. The standard InChI is InChI=1S/C21H25N2S.HI/c1-4-5-16-23-19-8-6-7-9-20(19)24-21(23)15-12-17-10-13-18(14-11-17)22(2)3;/h6-15H,4-5,16H2,1-3H3;1H/q+1;/p-1. The molecule has 0 saturated heterocycles. The van der Waals surface area contributed by atoms with E-state index in [2.05, 4.69) is 91.2 Å². The van der Waals surface area contributed by atoms with E-state index in [-0.39, 0.29) is 24.0 Å². The van der Waals surface area contributed by atoms with E-state index in [0.717, 1.165) is 6.54 Å². The highest BCUT2D eigenvalue weighted by Gasteiger charge is 2.17. The van der Waals surface area contributed by atoms with Crippen molar-refractivity contribution in [3.8, 4) is 0 Å². The third-order valence-corrected chi connectivity index (χ3v) is 5.33. The van der Waals surface area contributed by atoms with E-state index >= 15 is 0 Å². The molecule has 0 bridgehead atoms. The highest BCUT2D eigenvalue weighted by molar-refractivity contribution is 7.18. The summed E-state index contributed by atoms with van der Waals surface area (Å²) >= 11 is 1.87. The zero-order valence-electron chi connectivity index (χ0n) is 15.1. The maximum atomic E-state index is 2.45. The molecule has 3 rings (SSSR count). The lowest BCUT2D eigenvalue weighted by atomic mass is 10.2. The maximum absolute atomic E-state index is 2.45. The molecule has 0 radical (unpaired) electrons. The van der Waals surface area contributed by atoms with Crippen LogP contribution in [0.1, 0.15) is 30.3 Å². The van der Waals surface area contributed by atoms with Gasteiger partial charge in [0, 0.05) is 38.3 Å². The van der Waals surface area contributed by atoms with Crippen LogP contribution in [0.2, 0.25) is 0 Å². The van der Waals surface area contributed by atoms with E-state index < -0.39 is 0 Å². The predicted octanol–water partition coefficient (Wildman–Crippen LogP) is 2.23. The van der Waals surface area contributed by atoms with Gasteiger partial charge in [0.15, 0.2) is 6.54 Å². The molecule has 0 fully saturated rings. The van der Waals surface area contributed by atoms with Crippen molar-refractivity contribution in [1.82, 2.24) is 0 Å². The summed E-state index contributed by atoms with van der Waals surface area (Å²) in [6.45, 7) is 3.33. The number of hydrogen-bond donors (Lipinski definition) is 0. The Hall–Kier alpha value is -1.40. The van der Waals surface area contributed by atoms with Crippen molar-refractivity contribution >= 4 is 39.4 Å². The predicted molar refractivity (Wildman–Crippen MR) is 107 cm³/mol. The van der Waals surface area contributed by atoms with Crippen LogP contribution in [0.4, 0.5) is 5.69 Å². The van der Waals surface area contributed by atoms with Crippen LogP contribution in [0, 0.1) is 0 Å². The zero-order chi connectivity index (χ0) is 16.9. The quantitative estimate of drug-likeness (QED) is 0.401. The molecule has 1 heterocycles. The molecular formula is C21H25IN2S. The van der Waals surface area contributed by atoms with Crippen LogP contribution < -0.4 is 33.4 Å². The van der Waals surface area contributed by atoms with Crippen LogP contribution in [0.15, 0.2) is 48.5 Å². The molecule has 3 aromatic rings. The topological polar surface area (TPSA) is 7.12 Å². The second kappa shape index (κ2) is 9.34. The van der Waals surface area contributed by atoms with Gasteiger partial charge in [0.05, 0.1) is 0 Å². The maximum Gasteiger partial charge on any atom is 0.262 e. The van der Waals surface area contributed by atoms with Crippen molar-refractivity contribution in [1.29, 1.82) is 0 Å². The zero-order valence-corrected chi connectivity index (χ0v) is 18.0. The number of fused-ring (bicyclic) bond motifs is 1. The van der Waals surface area contributed by atoms with Crippen molar-refractivity contribution in [3.05, 3.63) is 59.1 Å². The number of para-hydroxylation sites is 1. The Kier molecular flexibility index (Phi) is 7.44. The summed E-state index contributed by atoms with van der Waals surface area (Å²) in [4.78, 5) is 2.12. The van der Waals surface area contributed by atoms with Crippen molar-refractivity contribution in [2.24, 2.45) is 0 Å². The molecule has 4 heteroatoms. The summed E-state index contributed by atoms with van der Waals surface area (Å²) in [5.41, 5.74) is 3.81. The summed E-state index contributed by atoms with van der Waals surface area (Å²) in [5.74, 6) is 0. The van der Waals surface area contributed by atoms with Gasteiger partial charge in [-0.3, -0.25) is 0 Å². The lowest BCUT2D eigenvalue weighted by Crippen LogP contribution is -3.00. The highest BCUT2D eigenvalue weighted by atomic mass is 127. The van der Waals surface area contributed by atoms with E-state index in [1.807, 2.05) is 11.3 Å². The fourth-order valence-electron chi connectivity index (χ4n) is 2.77. The van der Waals surface area contributed by atoms with Gasteiger partial charge in [-0.1, -0.05) is 48.9 Å². The third kappa shape index (κ3) is 4.82. The van der Waals surface area contributed by atoms with Crippen LogP contribution in [0.5, 0.6) is 0 Å².